The van der Waals surface area contributed by atoms with Gasteiger partial charge in [0.15, 0.2) is 11.5 Å². The van der Waals surface area contributed by atoms with E-state index in [0.29, 0.717) is 24.6 Å². The van der Waals surface area contributed by atoms with Gasteiger partial charge >= 0.3 is 0 Å². The third-order valence-electron chi connectivity index (χ3n) is 6.41. The van der Waals surface area contributed by atoms with Gasteiger partial charge in [-0.05, 0) is 31.5 Å². The number of amides is 1. The summed E-state index contributed by atoms with van der Waals surface area (Å²) in [6.45, 7) is 5.89. The van der Waals surface area contributed by atoms with Crippen LogP contribution in [0.2, 0.25) is 0 Å². The van der Waals surface area contributed by atoms with E-state index in [4.69, 9.17) is 9.47 Å². The Morgan fingerprint density at radius 1 is 1.03 bits per heavy atom. The van der Waals surface area contributed by atoms with Gasteiger partial charge in [-0.2, -0.15) is 4.31 Å². The highest BCUT2D eigenvalue weighted by Gasteiger charge is 2.36. The first-order chi connectivity index (χ1) is 14.9. The monoisotopic (exact) mass is 453 g/mol. The number of nitrogens with zero attached hydrogens (tertiary/aromatic N) is 3. The van der Waals surface area contributed by atoms with Gasteiger partial charge in [0, 0.05) is 38.3 Å². The van der Waals surface area contributed by atoms with Gasteiger partial charge in [-0.3, -0.25) is 4.79 Å². The van der Waals surface area contributed by atoms with Crippen LogP contribution in [0.1, 0.15) is 39.0 Å². The summed E-state index contributed by atoms with van der Waals surface area (Å²) in [6, 6.07) is 4.44. The molecule has 1 aromatic carbocycles. The molecule has 9 heteroatoms. The molecule has 0 spiro atoms. The summed E-state index contributed by atoms with van der Waals surface area (Å²) in [5.74, 6) is 0.704. The van der Waals surface area contributed by atoms with Crippen LogP contribution in [0, 0.1) is 0 Å². The van der Waals surface area contributed by atoms with Crippen LogP contribution < -0.4 is 9.47 Å². The van der Waals surface area contributed by atoms with Crippen molar-refractivity contribution >= 4 is 15.9 Å². The lowest BCUT2D eigenvalue weighted by Gasteiger charge is -2.37. The molecule has 3 rings (SSSR count). The van der Waals surface area contributed by atoms with Gasteiger partial charge < -0.3 is 19.3 Å². The number of methoxy groups -OCH3 is 2. The van der Waals surface area contributed by atoms with E-state index in [1.54, 1.807) is 11.0 Å². The lowest BCUT2D eigenvalue weighted by atomic mass is 9.95. The number of ether oxygens (including phenoxy) is 2. The van der Waals surface area contributed by atoms with Gasteiger partial charge in [0.1, 0.15) is 0 Å². The van der Waals surface area contributed by atoms with E-state index in [1.165, 1.54) is 30.7 Å². The van der Waals surface area contributed by atoms with Crippen molar-refractivity contribution in [1.82, 2.24) is 14.1 Å². The zero-order valence-corrected chi connectivity index (χ0v) is 19.7. The van der Waals surface area contributed by atoms with E-state index < -0.39 is 10.0 Å². The van der Waals surface area contributed by atoms with E-state index >= 15 is 0 Å². The van der Waals surface area contributed by atoms with Crippen LogP contribution in [0.5, 0.6) is 11.5 Å². The van der Waals surface area contributed by atoms with Gasteiger partial charge in [-0.25, -0.2) is 8.42 Å². The topological polar surface area (TPSA) is 79.4 Å². The minimum Gasteiger partial charge on any atom is -0.493 e. The maximum absolute atomic E-state index is 13.7. The van der Waals surface area contributed by atoms with Gasteiger partial charge in [0.25, 0.3) is 0 Å². The largest absolute Gasteiger partial charge is 0.493 e. The van der Waals surface area contributed by atoms with E-state index in [9.17, 15) is 13.2 Å². The van der Waals surface area contributed by atoms with E-state index in [2.05, 4.69) is 11.8 Å². The number of rotatable bonds is 8. The van der Waals surface area contributed by atoms with Crippen molar-refractivity contribution in [2.24, 2.45) is 0 Å². The Morgan fingerprint density at radius 2 is 1.68 bits per heavy atom. The van der Waals surface area contributed by atoms with Crippen LogP contribution in [0.4, 0.5) is 0 Å². The summed E-state index contributed by atoms with van der Waals surface area (Å²) in [4.78, 5) is 17.3. The fourth-order valence-corrected chi connectivity index (χ4v) is 6.09. The second kappa shape index (κ2) is 10.7. The van der Waals surface area contributed by atoms with Gasteiger partial charge in [-0.1, -0.05) is 26.2 Å². The summed E-state index contributed by atoms with van der Waals surface area (Å²) in [5, 5.41) is 0. The molecule has 1 saturated heterocycles. The second-order valence-corrected chi connectivity index (χ2v) is 10.1. The first-order valence-electron chi connectivity index (χ1n) is 11.1. The summed E-state index contributed by atoms with van der Waals surface area (Å²) < 4.78 is 39.3. The molecule has 8 nitrogen and oxygen atoms in total. The molecule has 1 saturated carbocycles. The van der Waals surface area contributed by atoms with Crippen molar-refractivity contribution in [3.8, 4) is 11.5 Å². The Morgan fingerprint density at radius 3 is 2.26 bits per heavy atom. The zero-order valence-electron chi connectivity index (χ0n) is 18.9. The Hall–Kier alpha value is -1.84. The van der Waals surface area contributed by atoms with E-state index in [1.807, 2.05) is 0 Å². The van der Waals surface area contributed by atoms with Gasteiger partial charge in [-0.15, -0.1) is 0 Å². The van der Waals surface area contributed by atoms with Crippen molar-refractivity contribution in [3.05, 3.63) is 18.2 Å². The first-order valence-corrected chi connectivity index (χ1v) is 12.6. The molecule has 1 aliphatic carbocycles. The lowest BCUT2D eigenvalue weighted by molar-refractivity contribution is -0.133. The highest BCUT2D eigenvalue weighted by Crippen LogP contribution is 2.33. The molecule has 0 unspecified atom stereocenters. The minimum atomic E-state index is -3.87. The van der Waals surface area contributed by atoms with Crippen molar-refractivity contribution in [3.63, 3.8) is 0 Å². The second-order valence-electron chi connectivity index (χ2n) is 8.17. The Labute approximate surface area is 186 Å². The molecule has 2 fully saturated rings. The zero-order chi connectivity index (χ0) is 22.4. The summed E-state index contributed by atoms with van der Waals surface area (Å²) in [5.41, 5.74) is 0. The lowest BCUT2D eigenvalue weighted by Crippen LogP contribution is -2.53. The molecule has 0 N–H and O–H groups in total. The number of carbonyl (C=O) groups is 1. The van der Waals surface area contributed by atoms with E-state index in [-0.39, 0.29) is 23.4 Å². The minimum absolute atomic E-state index is 0.118. The fourth-order valence-electron chi connectivity index (χ4n) is 4.44. The summed E-state index contributed by atoms with van der Waals surface area (Å²) >= 11 is 0. The van der Waals surface area contributed by atoms with Crippen molar-refractivity contribution in [1.29, 1.82) is 0 Å². The molecular formula is C22H35N3O5S. The molecule has 0 bridgehead atoms. The average Bonchev–Trinajstić information content (AvgIpc) is 2.82. The molecular weight excluding hydrogens is 418 g/mol. The highest BCUT2D eigenvalue weighted by atomic mass is 32.2. The van der Waals surface area contributed by atoms with Crippen molar-refractivity contribution in [2.45, 2.75) is 50.0 Å². The molecule has 174 valence electrons. The van der Waals surface area contributed by atoms with Crippen LogP contribution in [-0.4, -0.2) is 88.0 Å². The van der Waals surface area contributed by atoms with Gasteiger partial charge in [0.05, 0.1) is 25.7 Å². The number of piperazine rings is 1. The number of carbonyl (C=O) groups excluding carboxylic acids is 1. The van der Waals surface area contributed by atoms with Crippen LogP contribution in [-0.2, 0) is 14.8 Å². The van der Waals surface area contributed by atoms with Crippen molar-refractivity contribution in [2.75, 3.05) is 53.5 Å². The molecule has 1 heterocycles. The maximum Gasteiger partial charge on any atom is 0.243 e. The third kappa shape index (κ3) is 5.51. The Bertz CT molecular complexity index is 847. The standard InChI is InChI=1S/C22H35N3O5S/c1-4-23-12-14-24(15-13-23)22(26)17-25(18-8-6-5-7-9-18)31(27,28)19-10-11-20(29-2)21(16-19)30-3/h10-11,16,18H,4-9,12-15,17H2,1-3H3. The predicted molar refractivity (Wildman–Crippen MR) is 119 cm³/mol. The summed E-state index contributed by atoms with van der Waals surface area (Å²) in [6.07, 6.45) is 4.62. The quantitative estimate of drug-likeness (QED) is 0.600. The Kier molecular flexibility index (Phi) is 8.18. The average molecular weight is 454 g/mol. The van der Waals surface area contributed by atoms with Crippen LogP contribution in [0.15, 0.2) is 23.1 Å². The number of benzene rings is 1. The van der Waals surface area contributed by atoms with Crippen LogP contribution in [0.25, 0.3) is 0 Å². The molecule has 2 aliphatic rings. The predicted octanol–water partition coefficient (Wildman–Crippen LogP) is 2.19. The number of hydrogen-bond donors (Lipinski definition) is 0. The van der Waals surface area contributed by atoms with Crippen LogP contribution in [0.3, 0.4) is 0 Å². The fraction of sp³-hybridized carbons (Fsp3) is 0.682. The first kappa shape index (κ1) is 23.8. The van der Waals surface area contributed by atoms with Crippen molar-refractivity contribution < 1.29 is 22.7 Å². The smallest absolute Gasteiger partial charge is 0.243 e. The Balaban J connectivity index is 1.85. The molecule has 1 aliphatic heterocycles. The number of likely N-dealkylation sites (N-methyl/N-ethyl adjacent to an activating group) is 1. The molecule has 0 atom stereocenters. The van der Waals surface area contributed by atoms with Crippen LogP contribution >= 0.6 is 0 Å². The maximum atomic E-state index is 13.7. The summed E-state index contributed by atoms with van der Waals surface area (Å²) in [7, 11) is -0.878. The molecule has 31 heavy (non-hydrogen) atoms. The normalized spacial score (nSPS) is 18.9. The van der Waals surface area contributed by atoms with E-state index in [0.717, 1.165) is 51.7 Å². The number of hydrogen-bond acceptors (Lipinski definition) is 6. The van der Waals surface area contributed by atoms with Gasteiger partial charge in [0.2, 0.25) is 15.9 Å². The molecule has 0 aromatic heterocycles. The molecule has 0 radical (unpaired) electrons. The molecule has 1 aromatic rings. The SMILES string of the molecule is CCN1CCN(C(=O)CN(C2CCCCC2)S(=O)(=O)c2ccc(OC)c(OC)c2)CC1. The number of sulfonamides is 1. The molecule has 1 amide bonds. The highest BCUT2D eigenvalue weighted by molar-refractivity contribution is 7.89. The third-order valence-corrected chi connectivity index (χ3v) is 8.30.